The normalized spacial score (nSPS) is 12.4. The van der Waals surface area contributed by atoms with E-state index in [0.717, 1.165) is 9.13 Å². The van der Waals surface area contributed by atoms with Gasteiger partial charge in [0.05, 0.1) is 6.10 Å². The predicted octanol–water partition coefficient (Wildman–Crippen LogP) is 4.36. The molecule has 0 saturated carbocycles. The maximum Gasteiger partial charge on any atom is 0.127 e. The van der Waals surface area contributed by atoms with Gasteiger partial charge < -0.3 is 5.11 Å². The molecule has 2 aromatic rings. The first-order valence-corrected chi connectivity index (χ1v) is 6.90. The minimum Gasteiger partial charge on any atom is -0.388 e. The third-order valence-electron chi connectivity index (χ3n) is 2.69. The van der Waals surface area contributed by atoms with Crippen LogP contribution in [-0.2, 0) is 6.42 Å². The second kappa shape index (κ2) is 5.99. The third kappa shape index (κ3) is 3.22. The largest absolute Gasteiger partial charge is 0.388 e. The lowest BCUT2D eigenvalue weighted by Crippen LogP contribution is -2.05. The molecule has 4 heteroatoms. The maximum atomic E-state index is 13.6. The molecule has 0 radical (unpaired) electrons. The van der Waals surface area contributed by atoms with E-state index in [1.54, 1.807) is 12.1 Å². The second-order valence-corrected chi connectivity index (χ2v) is 5.58. The highest BCUT2D eigenvalue weighted by Crippen LogP contribution is 2.25. The fourth-order valence-electron chi connectivity index (χ4n) is 1.75. The van der Waals surface area contributed by atoms with Crippen molar-refractivity contribution in [1.82, 2.24) is 0 Å². The van der Waals surface area contributed by atoms with Crippen LogP contribution in [0.1, 0.15) is 17.2 Å². The lowest BCUT2D eigenvalue weighted by atomic mass is 10.0. The van der Waals surface area contributed by atoms with Crippen LogP contribution in [0.2, 0.25) is 5.02 Å². The summed E-state index contributed by atoms with van der Waals surface area (Å²) in [6.07, 6.45) is -0.475. The fourth-order valence-corrected chi connectivity index (χ4v) is 2.66. The smallest absolute Gasteiger partial charge is 0.127 e. The molecule has 94 valence electrons. The van der Waals surface area contributed by atoms with Crippen molar-refractivity contribution in [3.05, 3.63) is 68.0 Å². The van der Waals surface area contributed by atoms with E-state index in [-0.39, 0.29) is 12.2 Å². The molecular weight excluding hydrogens is 366 g/mol. The number of hydrogen-bond acceptors (Lipinski definition) is 1. The lowest BCUT2D eigenvalue weighted by Gasteiger charge is -2.13. The van der Waals surface area contributed by atoms with Crippen LogP contribution in [0.3, 0.4) is 0 Å². The Hall–Kier alpha value is -0.650. The van der Waals surface area contributed by atoms with E-state index in [0.29, 0.717) is 10.6 Å². The Morgan fingerprint density at radius 2 is 1.94 bits per heavy atom. The molecule has 1 nitrogen and oxygen atoms in total. The Morgan fingerprint density at radius 3 is 2.61 bits per heavy atom. The topological polar surface area (TPSA) is 20.2 Å². The zero-order chi connectivity index (χ0) is 13.1. The van der Waals surface area contributed by atoms with E-state index < -0.39 is 6.10 Å². The van der Waals surface area contributed by atoms with Gasteiger partial charge in [0.25, 0.3) is 0 Å². The minimum atomic E-state index is -0.714. The molecule has 2 rings (SSSR count). The van der Waals surface area contributed by atoms with Gasteiger partial charge in [0, 0.05) is 15.0 Å². The summed E-state index contributed by atoms with van der Waals surface area (Å²) in [5.74, 6) is -0.382. The molecule has 0 aliphatic heterocycles. The van der Waals surface area contributed by atoms with Crippen LogP contribution in [0.25, 0.3) is 0 Å². The Bertz CT molecular complexity index is 559. The van der Waals surface area contributed by atoms with E-state index in [9.17, 15) is 9.50 Å². The highest BCUT2D eigenvalue weighted by molar-refractivity contribution is 14.1. The number of hydrogen-bond donors (Lipinski definition) is 1. The van der Waals surface area contributed by atoms with Crippen molar-refractivity contribution in [3.63, 3.8) is 0 Å². The summed E-state index contributed by atoms with van der Waals surface area (Å²) >= 11 is 7.85. The van der Waals surface area contributed by atoms with Gasteiger partial charge >= 0.3 is 0 Å². The molecule has 1 atom stereocenters. The van der Waals surface area contributed by atoms with Crippen LogP contribution in [0.5, 0.6) is 0 Å². The Morgan fingerprint density at radius 1 is 1.22 bits per heavy atom. The van der Waals surface area contributed by atoms with E-state index in [1.165, 1.54) is 6.07 Å². The van der Waals surface area contributed by atoms with E-state index in [2.05, 4.69) is 22.6 Å². The van der Waals surface area contributed by atoms with Crippen LogP contribution < -0.4 is 0 Å². The number of rotatable bonds is 3. The molecule has 1 unspecified atom stereocenters. The zero-order valence-electron chi connectivity index (χ0n) is 9.41. The number of halogens is 3. The van der Waals surface area contributed by atoms with Crippen LogP contribution in [0.4, 0.5) is 4.39 Å². The Balaban J connectivity index is 2.21. The zero-order valence-corrected chi connectivity index (χ0v) is 12.3. The fraction of sp³-hybridized carbons (Fsp3) is 0.143. The first-order chi connectivity index (χ1) is 8.58. The molecule has 0 heterocycles. The van der Waals surface area contributed by atoms with Crippen LogP contribution in [0.15, 0.2) is 42.5 Å². The van der Waals surface area contributed by atoms with E-state index in [1.807, 2.05) is 24.3 Å². The molecule has 0 aromatic heterocycles. The molecule has 0 saturated heterocycles. The van der Waals surface area contributed by atoms with Gasteiger partial charge in [-0.25, -0.2) is 4.39 Å². The van der Waals surface area contributed by atoms with Crippen molar-refractivity contribution < 1.29 is 9.50 Å². The molecule has 0 amide bonds. The summed E-state index contributed by atoms with van der Waals surface area (Å²) in [5.41, 5.74) is 1.28. The average molecular weight is 377 g/mol. The number of aliphatic hydroxyl groups is 1. The number of benzene rings is 2. The highest BCUT2D eigenvalue weighted by Gasteiger charge is 2.14. The quantitative estimate of drug-likeness (QED) is 0.789. The lowest BCUT2D eigenvalue weighted by molar-refractivity contribution is 0.176. The van der Waals surface area contributed by atoms with Crippen molar-refractivity contribution in [3.8, 4) is 0 Å². The van der Waals surface area contributed by atoms with Crippen molar-refractivity contribution >= 4 is 34.2 Å². The van der Waals surface area contributed by atoms with Crippen LogP contribution in [-0.4, -0.2) is 5.11 Å². The first-order valence-electron chi connectivity index (χ1n) is 5.44. The van der Waals surface area contributed by atoms with Gasteiger partial charge in [-0.2, -0.15) is 0 Å². The van der Waals surface area contributed by atoms with Crippen molar-refractivity contribution in [2.75, 3.05) is 0 Å². The monoisotopic (exact) mass is 376 g/mol. The summed E-state index contributed by atoms with van der Waals surface area (Å²) in [4.78, 5) is 0. The van der Waals surface area contributed by atoms with Gasteiger partial charge in [-0.1, -0.05) is 35.9 Å². The van der Waals surface area contributed by atoms with Gasteiger partial charge in [0.15, 0.2) is 0 Å². The van der Waals surface area contributed by atoms with Crippen molar-refractivity contribution in [2.24, 2.45) is 0 Å². The molecule has 0 aliphatic carbocycles. The molecule has 0 bridgehead atoms. The molecule has 2 aromatic carbocycles. The van der Waals surface area contributed by atoms with E-state index >= 15 is 0 Å². The minimum absolute atomic E-state index is 0.239. The summed E-state index contributed by atoms with van der Waals surface area (Å²) in [7, 11) is 0. The molecule has 18 heavy (non-hydrogen) atoms. The SMILES string of the molecule is OC(Cc1ccc(Cl)cc1F)c1ccccc1I. The Labute approximate surface area is 124 Å². The summed E-state index contributed by atoms with van der Waals surface area (Å²) in [6, 6.07) is 12.0. The predicted molar refractivity (Wildman–Crippen MR) is 79.2 cm³/mol. The first kappa shape index (κ1) is 13.8. The second-order valence-electron chi connectivity index (χ2n) is 3.98. The van der Waals surface area contributed by atoms with Crippen molar-refractivity contribution in [1.29, 1.82) is 0 Å². The van der Waals surface area contributed by atoms with Gasteiger partial charge in [0.1, 0.15) is 5.82 Å². The molecule has 0 fully saturated rings. The summed E-state index contributed by atoms with van der Waals surface area (Å²) in [5, 5.41) is 10.5. The molecule has 0 aliphatic rings. The summed E-state index contributed by atoms with van der Waals surface area (Å²) < 4.78 is 14.6. The third-order valence-corrected chi connectivity index (χ3v) is 3.91. The van der Waals surface area contributed by atoms with Gasteiger partial charge in [0.2, 0.25) is 0 Å². The average Bonchev–Trinajstić information content (AvgIpc) is 2.33. The van der Waals surface area contributed by atoms with Crippen LogP contribution >= 0.6 is 34.2 Å². The standard InChI is InChI=1S/C14H11ClFIO/c15-10-6-5-9(12(16)8-10)7-14(18)11-3-1-2-4-13(11)17/h1-6,8,14,18H,7H2. The maximum absolute atomic E-state index is 13.6. The van der Waals surface area contributed by atoms with Gasteiger partial charge in [-0.05, 0) is 51.9 Å². The number of aliphatic hydroxyl groups excluding tert-OH is 1. The van der Waals surface area contributed by atoms with Crippen molar-refractivity contribution in [2.45, 2.75) is 12.5 Å². The molecule has 1 N–H and O–H groups in total. The summed E-state index contributed by atoms with van der Waals surface area (Å²) in [6.45, 7) is 0. The van der Waals surface area contributed by atoms with Crippen LogP contribution in [0, 0.1) is 9.39 Å². The van der Waals surface area contributed by atoms with Gasteiger partial charge in [-0.3, -0.25) is 0 Å². The van der Waals surface area contributed by atoms with E-state index in [4.69, 9.17) is 11.6 Å². The van der Waals surface area contributed by atoms with Gasteiger partial charge in [-0.15, -0.1) is 0 Å². The molecular formula is C14H11ClFIO. The highest BCUT2D eigenvalue weighted by atomic mass is 127. The Kier molecular flexibility index (Phi) is 4.59. The molecule has 0 spiro atoms.